The molecule has 140 valence electrons. The van der Waals surface area contributed by atoms with Crippen LogP contribution in [0.15, 0.2) is 72.8 Å². The Balaban J connectivity index is 1.67. The molecule has 0 fully saturated rings. The van der Waals surface area contributed by atoms with Gasteiger partial charge in [-0.1, -0.05) is 48.5 Å². The minimum atomic E-state index is -1.11. The summed E-state index contributed by atoms with van der Waals surface area (Å²) >= 11 is 0. The van der Waals surface area contributed by atoms with Crippen LogP contribution >= 0.6 is 0 Å². The molecule has 4 rings (SSSR count). The van der Waals surface area contributed by atoms with Crippen LogP contribution in [0.4, 0.5) is 0 Å². The zero-order valence-corrected chi connectivity index (χ0v) is 14.8. The quantitative estimate of drug-likeness (QED) is 0.709. The molecule has 3 aromatic carbocycles. The molecule has 3 aromatic rings. The zero-order valence-electron chi connectivity index (χ0n) is 14.8. The van der Waals surface area contributed by atoms with Crippen LogP contribution in [0.1, 0.15) is 27.5 Å². The van der Waals surface area contributed by atoms with E-state index in [0.717, 1.165) is 11.1 Å². The molecule has 6 nitrogen and oxygen atoms in total. The Bertz CT molecular complexity index is 1000. The van der Waals surface area contributed by atoms with Crippen LogP contribution in [-0.4, -0.2) is 23.6 Å². The number of fused-ring (bicyclic) bond motifs is 2. The van der Waals surface area contributed by atoms with E-state index in [0.29, 0.717) is 11.5 Å². The maximum Gasteiger partial charge on any atom is 0.341 e. The van der Waals surface area contributed by atoms with Gasteiger partial charge >= 0.3 is 5.97 Å². The van der Waals surface area contributed by atoms with Gasteiger partial charge in [0.1, 0.15) is 17.2 Å². The topological polar surface area (TPSA) is 84.9 Å². The van der Waals surface area contributed by atoms with Gasteiger partial charge in [0, 0.05) is 11.1 Å². The molecule has 1 aliphatic rings. The number of carboxylic acid groups (broad SMARTS) is 1. The van der Waals surface area contributed by atoms with Gasteiger partial charge in [-0.3, -0.25) is 4.79 Å². The molecule has 2 N–H and O–H groups in total. The minimum Gasteiger partial charge on any atom is -0.481 e. The second kappa shape index (κ2) is 7.44. The van der Waals surface area contributed by atoms with Crippen molar-refractivity contribution in [2.45, 2.75) is 6.04 Å². The molecule has 0 aliphatic carbocycles. The molecule has 0 atom stereocenters. The van der Waals surface area contributed by atoms with Crippen LogP contribution in [-0.2, 0) is 4.79 Å². The fourth-order valence-corrected chi connectivity index (χ4v) is 3.19. The van der Waals surface area contributed by atoms with E-state index in [1.165, 1.54) is 0 Å². The lowest BCUT2D eigenvalue weighted by molar-refractivity contribution is -0.139. The summed E-state index contributed by atoms with van der Waals surface area (Å²) in [5, 5.41) is 11.9. The van der Waals surface area contributed by atoms with E-state index in [2.05, 4.69) is 5.32 Å². The van der Waals surface area contributed by atoms with Crippen molar-refractivity contribution in [1.29, 1.82) is 0 Å². The Morgan fingerprint density at radius 2 is 1.46 bits per heavy atom. The highest BCUT2D eigenvalue weighted by Gasteiger charge is 2.29. The van der Waals surface area contributed by atoms with Crippen LogP contribution in [0.2, 0.25) is 0 Å². The van der Waals surface area contributed by atoms with Gasteiger partial charge in [0.25, 0.3) is 5.91 Å². The van der Waals surface area contributed by atoms with E-state index >= 15 is 0 Å². The smallest absolute Gasteiger partial charge is 0.341 e. The average molecular weight is 375 g/mol. The zero-order chi connectivity index (χ0) is 19.5. The Morgan fingerprint density at radius 3 is 2.11 bits per heavy atom. The Labute approximate surface area is 161 Å². The maximum atomic E-state index is 13.0. The lowest BCUT2D eigenvalue weighted by atomic mass is 9.94. The van der Waals surface area contributed by atoms with Crippen molar-refractivity contribution in [2.75, 3.05) is 6.61 Å². The van der Waals surface area contributed by atoms with Gasteiger partial charge in [0.05, 0.1) is 11.6 Å². The number of benzene rings is 3. The summed E-state index contributed by atoms with van der Waals surface area (Å²) < 4.78 is 11.2. The molecular formula is C22H17NO5. The van der Waals surface area contributed by atoms with Gasteiger partial charge < -0.3 is 19.9 Å². The molecule has 0 saturated heterocycles. The summed E-state index contributed by atoms with van der Waals surface area (Å²) in [6.07, 6.45) is 0. The van der Waals surface area contributed by atoms with E-state index in [-0.39, 0.29) is 17.2 Å². The number of hydrogen-bond acceptors (Lipinski definition) is 4. The predicted molar refractivity (Wildman–Crippen MR) is 102 cm³/mol. The third-order valence-corrected chi connectivity index (χ3v) is 4.44. The molecule has 1 aliphatic heterocycles. The van der Waals surface area contributed by atoms with E-state index in [9.17, 15) is 9.59 Å². The Morgan fingerprint density at radius 1 is 0.893 bits per heavy atom. The summed E-state index contributed by atoms with van der Waals surface area (Å²) in [5.41, 5.74) is 1.96. The lowest BCUT2D eigenvalue weighted by Gasteiger charge is -2.29. The minimum absolute atomic E-state index is 0.219. The third-order valence-electron chi connectivity index (χ3n) is 4.44. The molecule has 1 heterocycles. The van der Waals surface area contributed by atoms with Crippen LogP contribution in [0.5, 0.6) is 17.2 Å². The van der Waals surface area contributed by atoms with Gasteiger partial charge in [-0.25, -0.2) is 4.79 Å². The van der Waals surface area contributed by atoms with Crippen LogP contribution < -0.4 is 14.8 Å². The van der Waals surface area contributed by atoms with Crippen LogP contribution in [0.25, 0.3) is 0 Å². The SMILES string of the molecule is O=C(O)COc1ccccc1C(=O)NC1c2ccccc2Oc2ccccc21. The second-order valence-corrected chi connectivity index (χ2v) is 6.26. The highest BCUT2D eigenvalue weighted by Crippen LogP contribution is 2.42. The molecule has 0 radical (unpaired) electrons. The average Bonchev–Trinajstić information content (AvgIpc) is 2.72. The number of aliphatic carboxylic acids is 1. The summed E-state index contributed by atoms with van der Waals surface area (Å²) in [6.45, 7) is -0.521. The van der Waals surface area contributed by atoms with Crippen molar-refractivity contribution in [3.8, 4) is 17.2 Å². The molecule has 0 bridgehead atoms. The van der Waals surface area contributed by atoms with Crippen LogP contribution in [0, 0.1) is 0 Å². The number of carbonyl (C=O) groups is 2. The number of hydrogen-bond donors (Lipinski definition) is 2. The Kier molecular flexibility index (Phi) is 4.68. The van der Waals surface area contributed by atoms with E-state index in [4.69, 9.17) is 14.6 Å². The molecule has 6 heteroatoms. The molecule has 0 unspecified atom stereocenters. The maximum absolute atomic E-state index is 13.0. The summed E-state index contributed by atoms with van der Waals surface area (Å²) in [6, 6.07) is 21.2. The number of amides is 1. The third kappa shape index (κ3) is 3.40. The first kappa shape index (κ1) is 17.6. The van der Waals surface area contributed by atoms with Gasteiger partial charge in [-0.05, 0) is 24.3 Å². The highest BCUT2D eigenvalue weighted by atomic mass is 16.5. The largest absolute Gasteiger partial charge is 0.481 e. The first-order chi connectivity index (χ1) is 13.6. The number of carbonyl (C=O) groups excluding carboxylic acids is 1. The number of carboxylic acids is 1. The molecular weight excluding hydrogens is 358 g/mol. The van der Waals surface area contributed by atoms with Gasteiger partial charge in [0.2, 0.25) is 0 Å². The van der Waals surface area contributed by atoms with Crippen molar-refractivity contribution >= 4 is 11.9 Å². The Hall–Kier alpha value is -3.80. The highest BCUT2D eigenvalue weighted by molar-refractivity contribution is 5.97. The molecule has 0 aromatic heterocycles. The fraction of sp³-hybridized carbons (Fsp3) is 0.0909. The van der Waals surface area contributed by atoms with Crippen LogP contribution in [0.3, 0.4) is 0 Å². The molecule has 1 amide bonds. The number of para-hydroxylation sites is 3. The summed E-state index contributed by atoms with van der Waals surface area (Å²) in [4.78, 5) is 23.8. The summed E-state index contributed by atoms with van der Waals surface area (Å²) in [7, 11) is 0. The first-order valence-corrected chi connectivity index (χ1v) is 8.73. The van der Waals surface area contributed by atoms with Gasteiger partial charge in [-0.2, -0.15) is 0 Å². The molecule has 28 heavy (non-hydrogen) atoms. The number of rotatable bonds is 5. The van der Waals surface area contributed by atoms with Crippen molar-refractivity contribution in [3.05, 3.63) is 89.5 Å². The molecule has 0 saturated carbocycles. The normalized spacial score (nSPS) is 12.3. The fourth-order valence-electron chi connectivity index (χ4n) is 3.19. The monoisotopic (exact) mass is 375 g/mol. The van der Waals surface area contributed by atoms with E-state index in [1.54, 1.807) is 24.3 Å². The van der Waals surface area contributed by atoms with Crippen molar-refractivity contribution < 1.29 is 24.2 Å². The number of ether oxygens (including phenoxy) is 2. The van der Waals surface area contributed by atoms with E-state index in [1.807, 2.05) is 48.5 Å². The summed E-state index contributed by atoms with van der Waals surface area (Å²) in [5.74, 6) is 0.111. The first-order valence-electron chi connectivity index (χ1n) is 8.73. The standard InChI is InChI=1S/C22H17NO5/c24-20(25)13-27-17-10-4-3-9-16(17)22(26)23-21-14-7-1-5-11-18(14)28-19-12-6-2-8-15(19)21/h1-12,21H,13H2,(H,23,26)(H,24,25). The number of nitrogens with one attached hydrogen (secondary N) is 1. The molecule has 0 spiro atoms. The van der Waals surface area contributed by atoms with Crippen molar-refractivity contribution in [1.82, 2.24) is 5.32 Å². The van der Waals surface area contributed by atoms with Gasteiger partial charge in [0.15, 0.2) is 6.61 Å². The predicted octanol–water partition coefficient (Wildman–Crippen LogP) is 3.78. The van der Waals surface area contributed by atoms with Gasteiger partial charge in [-0.15, -0.1) is 0 Å². The van der Waals surface area contributed by atoms with Crippen molar-refractivity contribution in [3.63, 3.8) is 0 Å². The van der Waals surface area contributed by atoms with Crippen molar-refractivity contribution in [2.24, 2.45) is 0 Å². The second-order valence-electron chi connectivity index (χ2n) is 6.26. The van der Waals surface area contributed by atoms with E-state index < -0.39 is 18.6 Å². The lowest BCUT2D eigenvalue weighted by Crippen LogP contribution is -2.31.